The van der Waals surface area contributed by atoms with E-state index in [0.29, 0.717) is 15.5 Å². The van der Waals surface area contributed by atoms with E-state index < -0.39 is 24.0 Å². The van der Waals surface area contributed by atoms with Crippen molar-refractivity contribution in [3.8, 4) is 11.1 Å². The van der Waals surface area contributed by atoms with Gasteiger partial charge in [-0.1, -0.05) is 32.9 Å². The standard InChI is InChI=1S/C31H30BrFN8O3/c1-17(42)29-21-10-18(19-13-34-27-12-24(31(2,3)4)37-41(27)14-19)8-9-22(21)40(38-29)16-28(43)39-15-20(33)11-23(39)30(44)36-26-7-5-6-25(32)35-26/h5-10,12-14,20,23H,11,15-16H2,1-4H3,(H,35,36,44)/t20-,23+/m1/s1. The number of pyridine rings is 1. The molecule has 1 N–H and O–H groups in total. The van der Waals surface area contributed by atoms with Crippen molar-refractivity contribution in [2.45, 2.75) is 58.3 Å². The number of rotatable bonds is 6. The highest BCUT2D eigenvalue weighted by atomic mass is 79.9. The van der Waals surface area contributed by atoms with Crippen molar-refractivity contribution in [2.24, 2.45) is 0 Å². The molecular formula is C31H30BrFN8O3. The summed E-state index contributed by atoms with van der Waals surface area (Å²) in [4.78, 5) is 49.1. The summed E-state index contributed by atoms with van der Waals surface area (Å²) < 4.78 is 18.2. The second-order valence-electron chi connectivity index (χ2n) is 11.9. The fourth-order valence-corrected chi connectivity index (χ4v) is 5.69. The highest BCUT2D eigenvalue weighted by Crippen LogP contribution is 2.29. The maximum absolute atomic E-state index is 14.5. The minimum absolute atomic E-state index is 0.126. The highest BCUT2D eigenvalue weighted by Gasteiger charge is 2.40. The molecule has 1 aromatic carbocycles. The second-order valence-corrected chi connectivity index (χ2v) is 12.8. The number of likely N-dealkylation sites (tertiary alicyclic amines) is 1. The third kappa shape index (κ3) is 5.71. The average Bonchev–Trinajstić information content (AvgIpc) is 3.67. The fourth-order valence-electron chi connectivity index (χ4n) is 5.35. The molecule has 5 aromatic rings. The topological polar surface area (TPSA) is 127 Å². The Morgan fingerprint density at radius 1 is 1.09 bits per heavy atom. The lowest BCUT2D eigenvalue weighted by atomic mass is 9.93. The van der Waals surface area contributed by atoms with Crippen molar-refractivity contribution in [2.75, 3.05) is 11.9 Å². The Kier molecular flexibility index (Phi) is 7.52. The van der Waals surface area contributed by atoms with Gasteiger partial charge < -0.3 is 10.2 Å². The van der Waals surface area contributed by atoms with E-state index in [1.165, 1.54) is 16.5 Å². The largest absolute Gasteiger partial charge is 0.326 e. The Bertz CT molecular complexity index is 1950. The van der Waals surface area contributed by atoms with E-state index in [4.69, 9.17) is 0 Å². The minimum Gasteiger partial charge on any atom is -0.326 e. The Labute approximate surface area is 260 Å². The van der Waals surface area contributed by atoms with Crippen molar-refractivity contribution in [3.63, 3.8) is 0 Å². The van der Waals surface area contributed by atoms with Gasteiger partial charge in [-0.15, -0.1) is 0 Å². The van der Waals surface area contributed by atoms with Crippen LogP contribution >= 0.6 is 15.9 Å². The molecule has 0 saturated carbocycles. The van der Waals surface area contributed by atoms with Crippen molar-refractivity contribution in [1.82, 2.24) is 34.3 Å². The molecule has 0 radical (unpaired) electrons. The van der Waals surface area contributed by atoms with Gasteiger partial charge >= 0.3 is 0 Å². The number of benzene rings is 1. The maximum Gasteiger partial charge on any atom is 0.248 e. The van der Waals surface area contributed by atoms with Gasteiger partial charge in [0.05, 0.1) is 17.8 Å². The zero-order chi connectivity index (χ0) is 31.3. The van der Waals surface area contributed by atoms with Gasteiger partial charge in [0.2, 0.25) is 11.8 Å². The summed E-state index contributed by atoms with van der Waals surface area (Å²) in [5.41, 5.74) is 3.88. The first-order chi connectivity index (χ1) is 20.9. The second kappa shape index (κ2) is 11.2. The normalized spacial score (nSPS) is 17.0. The van der Waals surface area contributed by atoms with Crippen molar-refractivity contribution >= 4 is 55.9 Å². The van der Waals surface area contributed by atoms with Gasteiger partial charge in [0.15, 0.2) is 11.4 Å². The first-order valence-corrected chi connectivity index (χ1v) is 14.9. The SMILES string of the molecule is CC(=O)c1nn(CC(=O)N2C[C@H](F)C[C@H]2C(=O)Nc2cccc(Br)n2)c2ccc(-c3cnc4cc(C(C)(C)C)nn4c3)cc12. The number of hydrogen-bond donors (Lipinski definition) is 1. The molecular weight excluding hydrogens is 631 g/mol. The summed E-state index contributed by atoms with van der Waals surface area (Å²) in [7, 11) is 0. The number of nitrogens with one attached hydrogen (secondary N) is 1. The molecule has 6 rings (SSSR count). The van der Waals surface area contributed by atoms with Crippen LogP contribution in [0.2, 0.25) is 0 Å². The molecule has 2 amide bonds. The Morgan fingerprint density at radius 2 is 1.89 bits per heavy atom. The van der Waals surface area contributed by atoms with E-state index in [0.717, 1.165) is 22.5 Å². The molecule has 0 aliphatic carbocycles. The van der Waals surface area contributed by atoms with Crippen molar-refractivity contribution in [1.29, 1.82) is 0 Å². The summed E-state index contributed by atoms with van der Waals surface area (Å²) in [5.74, 6) is -0.992. The quantitative estimate of drug-likeness (QED) is 0.201. The Morgan fingerprint density at radius 3 is 2.61 bits per heavy atom. The minimum atomic E-state index is -1.35. The first kappa shape index (κ1) is 29.5. The van der Waals surface area contributed by atoms with Crippen LogP contribution in [0, 0.1) is 0 Å². The molecule has 226 valence electrons. The molecule has 0 bridgehead atoms. The monoisotopic (exact) mass is 660 g/mol. The molecule has 13 heteroatoms. The number of amides is 2. The number of carbonyl (C=O) groups excluding carboxylic acids is 3. The summed E-state index contributed by atoms with van der Waals surface area (Å²) in [5, 5.41) is 12.4. The summed E-state index contributed by atoms with van der Waals surface area (Å²) in [6, 6.07) is 11.5. The number of fused-ring (bicyclic) bond motifs is 2. The van der Waals surface area contributed by atoms with Crippen LogP contribution in [0.25, 0.3) is 27.7 Å². The number of carbonyl (C=O) groups is 3. The molecule has 1 fully saturated rings. The number of anilines is 1. The summed E-state index contributed by atoms with van der Waals surface area (Å²) in [6.07, 6.45) is 2.16. The van der Waals surface area contributed by atoms with Gasteiger partial charge in [0.25, 0.3) is 0 Å². The number of ketones is 1. The molecule has 1 aliphatic heterocycles. The molecule has 5 heterocycles. The van der Waals surface area contributed by atoms with E-state index in [1.807, 2.05) is 24.4 Å². The lowest BCUT2D eigenvalue weighted by Crippen LogP contribution is -2.44. The van der Waals surface area contributed by atoms with Crippen LogP contribution in [0.5, 0.6) is 0 Å². The Hall–Kier alpha value is -4.52. The van der Waals surface area contributed by atoms with E-state index >= 15 is 0 Å². The fraction of sp³-hybridized carbons (Fsp3) is 0.323. The van der Waals surface area contributed by atoms with Crippen molar-refractivity contribution < 1.29 is 18.8 Å². The first-order valence-electron chi connectivity index (χ1n) is 14.1. The average molecular weight is 662 g/mol. The van der Waals surface area contributed by atoms with Crippen LogP contribution in [0.4, 0.5) is 10.2 Å². The van der Waals surface area contributed by atoms with Gasteiger partial charge in [0.1, 0.15) is 34.9 Å². The van der Waals surface area contributed by atoms with Crippen LogP contribution < -0.4 is 5.32 Å². The van der Waals surface area contributed by atoms with Crippen molar-refractivity contribution in [3.05, 3.63) is 70.8 Å². The van der Waals surface area contributed by atoms with E-state index in [-0.39, 0.29) is 42.2 Å². The number of aromatic nitrogens is 6. The zero-order valence-electron chi connectivity index (χ0n) is 24.6. The van der Waals surface area contributed by atoms with Gasteiger partial charge in [0, 0.05) is 48.2 Å². The van der Waals surface area contributed by atoms with Crippen LogP contribution in [0.1, 0.15) is 50.3 Å². The number of alkyl halides is 1. The third-order valence-electron chi connectivity index (χ3n) is 7.62. The van der Waals surface area contributed by atoms with Gasteiger partial charge in [-0.2, -0.15) is 10.2 Å². The lowest BCUT2D eigenvalue weighted by Gasteiger charge is -2.23. The zero-order valence-corrected chi connectivity index (χ0v) is 26.2. The number of hydrogen-bond acceptors (Lipinski definition) is 7. The third-order valence-corrected chi connectivity index (χ3v) is 8.07. The smallest absolute Gasteiger partial charge is 0.248 e. The molecule has 2 atom stereocenters. The van der Waals surface area contributed by atoms with E-state index in [9.17, 15) is 18.8 Å². The highest BCUT2D eigenvalue weighted by molar-refractivity contribution is 9.10. The number of Topliss-reactive ketones (excluding diaryl/α,β-unsaturated/α-hetero) is 1. The maximum atomic E-state index is 14.5. The molecule has 4 aromatic heterocycles. The number of halogens is 2. The van der Waals surface area contributed by atoms with Crippen LogP contribution in [0.3, 0.4) is 0 Å². The van der Waals surface area contributed by atoms with E-state index in [2.05, 4.69) is 62.2 Å². The predicted octanol–water partition coefficient (Wildman–Crippen LogP) is 4.98. The molecule has 0 spiro atoms. The van der Waals surface area contributed by atoms with Crippen LogP contribution in [0.15, 0.2) is 59.5 Å². The van der Waals surface area contributed by atoms with Crippen LogP contribution in [-0.4, -0.2) is 70.6 Å². The van der Waals surface area contributed by atoms with E-state index in [1.54, 1.807) is 35.0 Å². The van der Waals surface area contributed by atoms with Gasteiger partial charge in [-0.05, 0) is 45.8 Å². The number of nitrogens with zero attached hydrogens (tertiary/aromatic N) is 7. The predicted molar refractivity (Wildman–Crippen MR) is 166 cm³/mol. The summed E-state index contributed by atoms with van der Waals surface area (Å²) >= 11 is 3.26. The molecule has 0 unspecified atom stereocenters. The molecule has 44 heavy (non-hydrogen) atoms. The summed E-state index contributed by atoms with van der Waals surface area (Å²) in [6.45, 7) is 7.19. The molecule has 11 nitrogen and oxygen atoms in total. The van der Waals surface area contributed by atoms with Gasteiger partial charge in [-0.25, -0.2) is 18.9 Å². The van der Waals surface area contributed by atoms with Crippen LogP contribution in [-0.2, 0) is 21.5 Å². The Balaban J connectivity index is 1.28. The van der Waals surface area contributed by atoms with Gasteiger partial charge in [-0.3, -0.25) is 19.1 Å². The molecule has 1 aliphatic rings. The molecule has 1 saturated heterocycles. The lowest BCUT2D eigenvalue weighted by molar-refractivity contribution is -0.137.